The molecule has 0 aliphatic carbocycles. The van der Waals surface area contributed by atoms with E-state index in [1.807, 2.05) is 0 Å². The van der Waals surface area contributed by atoms with Crippen molar-refractivity contribution in [1.29, 1.82) is 0 Å². The van der Waals surface area contributed by atoms with Gasteiger partial charge in [-0.15, -0.1) is 0 Å². The minimum absolute atomic E-state index is 0.0363. The van der Waals surface area contributed by atoms with Gasteiger partial charge in [0.2, 0.25) is 5.91 Å². The molecule has 1 aliphatic heterocycles. The van der Waals surface area contributed by atoms with Crippen molar-refractivity contribution in [2.45, 2.75) is 25.5 Å². The van der Waals surface area contributed by atoms with Crippen LogP contribution >= 0.6 is 0 Å². The lowest BCUT2D eigenvalue weighted by molar-refractivity contribution is -0.145. The molecule has 0 saturated carbocycles. The zero-order valence-corrected chi connectivity index (χ0v) is 11.4. The maximum atomic E-state index is 11.9. The van der Waals surface area contributed by atoms with Crippen LogP contribution in [-0.2, 0) is 20.9 Å². The summed E-state index contributed by atoms with van der Waals surface area (Å²) in [6, 6.07) is 5.72. The first-order valence-electron chi connectivity index (χ1n) is 6.37. The van der Waals surface area contributed by atoms with Gasteiger partial charge in [0.15, 0.2) is 0 Å². The van der Waals surface area contributed by atoms with Crippen LogP contribution in [0, 0.1) is 0 Å². The first kappa shape index (κ1) is 14.8. The molecule has 1 N–H and O–H groups in total. The van der Waals surface area contributed by atoms with E-state index in [9.17, 15) is 14.4 Å². The standard InChI is InChI=1S/C14H15NO6/c1-20-10-4-2-9(3-5-10)8-21-14(19)15-11(13(17)18)6-7-12(15)16/h2-5,11H,6-8H2,1H3,(H,17,18). The maximum absolute atomic E-state index is 11.9. The zero-order chi connectivity index (χ0) is 15.4. The molecule has 0 aromatic heterocycles. The minimum Gasteiger partial charge on any atom is -0.497 e. The Bertz CT molecular complexity index is 553. The van der Waals surface area contributed by atoms with E-state index in [0.717, 1.165) is 0 Å². The van der Waals surface area contributed by atoms with Crippen molar-refractivity contribution < 1.29 is 29.0 Å². The normalized spacial score (nSPS) is 17.7. The Hall–Kier alpha value is -2.57. The molecule has 7 nitrogen and oxygen atoms in total. The molecule has 21 heavy (non-hydrogen) atoms. The predicted molar refractivity (Wildman–Crippen MR) is 70.7 cm³/mol. The van der Waals surface area contributed by atoms with Gasteiger partial charge in [-0.25, -0.2) is 14.5 Å². The summed E-state index contributed by atoms with van der Waals surface area (Å²) in [7, 11) is 1.54. The lowest BCUT2D eigenvalue weighted by atomic mass is 10.2. The average Bonchev–Trinajstić information content (AvgIpc) is 2.87. The number of carbonyl (C=O) groups excluding carboxylic acids is 2. The number of hydrogen-bond donors (Lipinski definition) is 1. The Labute approximate surface area is 121 Å². The highest BCUT2D eigenvalue weighted by atomic mass is 16.6. The third-order valence-electron chi connectivity index (χ3n) is 3.22. The van der Waals surface area contributed by atoms with Gasteiger partial charge in [-0.05, 0) is 24.1 Å². The molecule has 1 fully saturated rings. The lowest BCUT2D eigenvalue weighted by Crippen LogP contribution is -2.43. The second kappa shape index (κ2) is 6.25. The van der Waals surface area contributed by atoms with Crippen molar-refractivity contribution in [3.8, 4) is 5.75 Å². The number of benzene rings is 1. The number of carbonyl (C=O) groups is 3. The summed E-state index contributed by atoms with van der Waals surface area (Å²) in [6.45, 7) is -0.0427. The number of likely N-dealkylation sites (tertiary alicyclic amines) is 1. The summed E-state index contributed by atoms with van der Waals surface area (Å²) in [6.07, 6.45) is -0.777. The highest BCUT2D eigenvalue weighted by Crippen LogP contribution is 2.20. The van der Waals surface area contributed by atoms with Crippen molar-refractivity contribution >= 4 is 18.0 Å². The third kappa shape index (κ3) is 3.31. The van der Waals surface area contributed by atoms with Gasteiger partial charge < -0.3 is 14.6 Å². The number of carboxylic acids is 1. The van der Waals surface area contributed by atoms with Crippen LogP contribution in [0.3, 0.4) is 0 Å². The number of imide groups is 1. The van der Waals surface area contributed by atoms with Crippen molar-refractivity contribution in [2.24, 2.45) is 0 Å². The van der Waals surface area contributed by atoms with Gasteiger partial charge in [-0.1, -0.05) is 12.1 Å². The fraction of sp³-hybridized carbons (Fsp3) is 0.357. The van der Waals surface area contributed by atoms with E-state index < -0.39 is 24.0 Å². The van der Waals surface area contributed by atoms with Crippen LogP contribution in [0.4, 0.5) is 4.79 Å². The largest absolute Gasteiger partial charge is 0.497 e. The van der Waals surface area contributed by atoms with E-state index >= 15 is 0 Å². The van der Waals surface area contributed by atoms with E-state index in [1.54, 1.807) is 31.4 Å². The van der Waals surface area contributed by atoms with Gasteiger partial charge in [0.1, 0.15) is 18.4 Å². The third-order valence-corrected chi connectivity index (χ3v) is 3.22. The van der Waals surface area contributed by atoms with Gasteiger partial charge in [0, 0.05) is 6.42 Å². The van der Waals surface area contributed by atoms with Crippen molar-refractivity contribution in [1.82, 2.24) is 4.90 Å². The highest BCUT2D eigenvalue weighted by Gasteiger charge is 2.41. The van der Waals surface area contributed by atoms with E-state index in [1.165, 1.54) is 0 Å². The Morgan fingerprint density at radius 3 is 2.57 bits per heavy atom. The Kier molecular flexibility index (Phi) is 4.42. The lowest BCUT2D eigenvalue weighted by Gasteiger charge is -2.19. The topological polar surface area (TPSA) is 93.1 Å². The first-order chi connectivity index (χ1) is 10.0. The summed E-state index contributed by atoms with van der Waals surface area (Å²) >= 11 is 0. The van der Waals surface area contributed by atoms with Gasteiger partial charge in [0.05, 0.1) is 7.11 Å². The number of carboxylic acid groups (broad SMARTS) is 1. The molecule has 1 aromatic carbocycles. The van der Waals surface area contributed by atoms with E-state index in [-0.39, 0.29) is 19.4 Å². The molecular formula is C14H15NO6. The number of nitrogens with zero attached hydrogens (tertiary/aromatic N) is 1. The predicted octanol–water partition coefficient (Wildman–Crippen LogP) is 1.41. The molecule has 1 unspecified atom stereocenters. The number of rotatable bonds is 4. The SMILES string of the molecule is COc1ccc(COC(=O)N2C(=O)CCC2C(=O)O)cc1. The Balaban J connectivity index is 1.97. The van der Waals surface area contributed by atoms with E-state index in [4.69, 9.17) is 14.6 Å². The molecule has 1 aromatic rings. The number of amides is 2. The molecular weight excluding hydrogens is 278 g/mol. The average molecular weight is 293 g/mol. The molecule has 1 aliphatic rings. The quantitative estimate of drug-likeness (QED) is 0.902. The minimum atomic E-state index is -1.21. The second-order valence-corrected chi connectivity index (χ2v) is 4.56. The Morgan fingerprint density at radius 1 is 1.33 bits per heavy atom. The zero-order valence-electron chi connectivity index (χ0n) is 11.4. The van der Waals surface area contributed by atoms with Crippen LogP contribution in [0.1, 0.15) is 18.4 Å². The number of methoxy groups -OCH3 is 1. The van der Waals surface area contributed by atoms with Crippen LogP contribution in [0.5, 0.6) is 5.75 Å². The fourth-order valence-corrected chi connectivity index (χ4v) is 2.08. The molecule has 1 atom stereocenters. The van der Waals surface area contributed by atoms with Crippen molar-refractivity contribution in [3.63, 3.8) is 0 Å². The molecule has 1 saturated heterocycles. The van der Waals surface area contributed by atoms with Crippen molar-refractivity contribution in [3.05, 3.63) is 29.8 Å². The molecule has 2 amide bonds. The van der Waals surface area contributed by atoms with Gasteiger partial charge in [0.25, 0.3) is 0 Å². The second-order valence-electron chi connectivity index (χ2n) is 4.56. The van der Waals surface area contributed by atoms with Crippen LogP contribution in [0.15, 0.2) is 24.3 Å². The summed E-state index contributed by atoms with van der Waals surface area (Å²) in [5, 5.41) is 8.98. The number of aliphatic carboxylic acids is 1. The molecule has 1 heterocycles. The maximum Gasteiger partial charge on any atom is 0.417 e. The molecule has 0 spiro atoms. The van der Waals surface area contributed by atoms with Crippen molar-refractivity contribution in [2.75, 3.05) is 7.11 Å². The highest BCUT2D eigenvalue weighted by molar-refractivity contribution is 5.99. The van der Waals surface area contributed by atoms with E-state index in [2.05, 4.69) is 0 Å². The molecule has 0 bridgehead atoms. The van der Waals surface area contributed by atoms with Crippen LogP contribution in [0.25, 0.3) is 0 Å². The smallest absolute Gasteiger partial charge is 0.417 e. The molecule has 2 rings (SSSR count). The molecule has 7 heteroatoms. The summed E-state index contributed by atoms with van der Waals surface area (Å²) in [5.41, 5.74) is 0.711. The van der Waals surface area contributed by atoms with E-state index in [0.29, 0.717) is 16.2 Å². The molecule has 0 radical (unpaired) electrons. The summed E-state index contributed by atoms with van der Waals surface area (Å²) in [4.78, 5) is 35.1. The van der Waals surface area contributed by atoms with Gasteiger partial charge in [-0.2, -0.15) is 0 Å². The first-order valence-corrected chi connectivity index (χ1v) is 6.37. The monoisotopic (exact) mass is 293 g/mol. The van der Waals surface area contributed by atoms with Gasteiger partial charge >= 0.3 is 12.1 Å². The number of ether oxygens (including phenoxy) is 2. The number of hydrogen-bond acceptors (Lipinski definition) is 5. The van der Waals surface area contributed by atoms with Gasteiger partial charge in [-0.3, -0.25) is 4.79 Å². The summed E-state index contributed by atoms with van der Waals surface area (Å²) in [5.74, 6) is -1.06. The van der Waals surface area contributed by atoms with Crippen LogP contribution in [0.2, 0.25) is 0 Å². The Morgan fingerprint density at radius 2 is 2.00 bits per heavy atom. The van der Waals surface area contributed by atoms with Crippen LogP contribution in [-0.4, -0.2) is 41.1 Å². The fourth-order valence-electron chi connectivity index (χ4n) is 2.08. The molecule has 112 valence electrons. The summed E-state index contributed by atoms with van der Waals surface area (Å²) < 4.78 is 10.0. The van der Waals surface area contributed by atoms with Crippen LogP contribution < -0.4 is 4.74 Å².